The molecular formula is C8H17F3N2O. The van der Waals surface area contributed by atoms with Gasteiger partial charge in [0.05, 0.1) is 6.54 Å². The van der Waals surface area contributed by atoms with Crippen LogP contribution < -0.4 is 11.1 Å². The first-order valence-corrected chi connectivity index (χ1v) is 4.34. The van der Waals surface area contributed by atoms with E-state index in [1.807, 2.05) is 0 Å². The summed E-state index contributed by atoms with van der Waals surface area (Å²) in [6.45, 7) is 1.16. The van der Waals surface area contributed by atoms with Crippen LogP contribution in [0.5, 0.6) is 0 Å². The molecule has 0 bridgehead atoms. The van der Waals surface area contributed by atoms with Crippen molar-refractivity contribution in [2.75, 3.05) is 26.8 Å². The van der Waals surface area contributed by atoms with Gasteiger partial charge in [-0.1, -0.05) is 0 Å². The van der Waals surface area contributed by atoms with Crippen molar-refractivity contribution in [3.8, 4) is 0 Å². The Labute approximate surface area is 81.8 Å². The highest BCUT2D eigenvalue weighted by Gasteiger charge is 2.31. The van der Waals surface area contributed by atoms with Crippen LogP contribution in [-0.4, -0.2) is 38.5 Å². The average molecular weight is 214 g/mol. The van der Waals surface area contributed by atoms with Crippen LogP contribution in [0, 0.1) is 0 Å². The molecular weight excluding hydrogens is 197 g/mol. The Morgan fingerprint density at radius 1 is 1.36 bits per heavy atom. The molecule has 0 fully saturated rings. The number of nitrogens with one attached hydrogen (secondary N) is 1. The maximum absolute atomic E-state index is 11.9. The van der Waals surface area contributed by atoms with Crippen LogP contribution in [0.25, 0.3) is 0 Å². The minimum absolute atomic E-state index is 0.145. The molecule has 3 N–H and O–H groups in total. The maximum Gasteiger partial charge on any atom is 0.401 e. The summed E-state index contributed by atoms with van der Waals surface area (Å²) in [5, 5.41) is 2.39. The molecule has 0 saturated carbocycles. The standard InChI is InChI=1S/C8H17F3N2O/c1-7(5-12,3-4-14-2)13-6-8(9,10)11/h13H,3-6,12H2,1-2H3. The van der Waals surface area contributed by atoms with Gasteiger partial charge in [-0.15, -0.1) is 0 Å². The second-order valence-corrected chi connectivity index (χ2v) is 3.48. The molecule has 14 heavy (non-hydrogen) atoms. The molecule has 86 valence electrons. The quantitative estimate of drug-likeness (QED) is 0.690. The van der Waals surface area contributed by atoms with Crippen molar-refractivity contribution in [3.05, 3.63) is 0 Å². The fraction of sp³-hybridized carbons (Fsp3) is 1.00. The lowest BCUT2D eigenvalue weighted by Gasteiger charge is -2.29. The SMILES string of the molecule is COCCC(C)(CN)NCC(F)(F)F. The van der Waals surface area contributed by atoms with Crippen LogP contribution in [-0.2, 0) is 4.74 Å². The number of alkyl halides is 3. The van der Waals surface area contributed by atoms with Crippen LogP contribution in [0.1, 0.15) is 13.3 Å². The topological polar surface area (TPSA) is 47.3 Å². The Morgan fingerprint density at radius 3 is 2.29 bits per heavy atom. The molecule has 0 aromatic heterocycles. The summed E-state index contributed by atoms with van der Waals surface area (Å²) >= 11 is 0. The lowest BCUT2D eigenvalue weighted by Crippen LogP contribution is -2.52. The third-order valence-corrected chi connectivity index (χ3v) is 2.02. The minimum Gasteiger partial charge on any atom is -0.385 e. The fourth-order valence-corrected chi connectivity index (χ4v) is 0.904. The van der Waals surface area contributed by atoms with E-state index in [9.17, 15) is 13.2 Å². The molecule has 0 heterocycles. The van der Waals surface area contributed by atoms with E-state index in [1.165, 1.54) is 7.11 Å². The van der Waals surface area contributed by atoms with Gasteiger partial charge < -0.3 is 15.8 Å². The summed E-state index contributed by atoms with van der Waals surface area (Å²) in [4.78, 5) is 0. The number of ether oxygens (including phenoxy) is 1. The van der Waals surface area contributed by atoms with E-state index in [1.54, 1.807) is 6.92 Å². The molecule has 0 radical (unpaired) electrons. The van der Waals surface area contributed by atoms with E-state index < -0.39 is 18.3 Å². The number of methoxy groups -OCH3 is 1. The molecule has 1 unspecified atom stereocenters. The van der Waals surface area contributed by atoms with Gasteiger partial charge in [0.1, 0.15) is 0 Å². The molecule has 0 saturated heterocycles. The Morgan fingerprint density at radius 2 is 1.93 bits per heavy atom. The van der Waals surface area contributed by atoms with Crippen molar-refractivity contribution < 1.29 is 17.9 Å². The van der Waals surface area contributed by atoms with E-state index in [2.05, 4.69) is 5.32 Å². The summed E-state index contributed by atoms with van der Waals surface area (Å²) < 4.78 is 40.5. The van der Waals surface area contributed by atoms with Gasteiger partial charge in [-0.2, -0.15) is 13.2 Å². The molecule has 0 aliphatic heterocycles. The van der Waals surface area contributed by atoms with Gasteiger partial charge >= 0.3 is 6.18 Å². The lowest BCUT2D eigenvalue weighted by atomic mass is 9.98. The van der Waals surface area contributed by atoms with Gasteiger partial charge in [0.25, 0.3) is 0 Å². The summed E-state index contributed by atoms with van der Waals surface area (Å²) in [7, 11) is 1.50. The zero-order chi connectivity index (χ0) is 11.2. The van der Waals surface area contributed by atoms with Crippen LogP contribution >= 0.6 is 0 Å². The first kappa shape index (κ1) is 13.7. The van der Waals surface area contributed by atoms with Crippen LogP contribution in [0.3, 0.4) is 0 Å². The van der Waals surface area contributed by atoms with E-state index in [4.69, 9.17) is 10.5 Å². The molecule has 0 rings (SSSR count). The molecule has 1 atom stereocenters. The van der Waals surface area contributed by atoms with Crippen molar-refractivity contribution in [1.82, 2.24) is 5.32 Å². The summed E-state index contributed by atoms with van der Waals surface area (Å²) in [6, 6.07) is 0. The van der Waals surface area contributed by atoms with Crippen molar-refractivity contribution in [2.24, 2.45) is 5.73 Å². The van der Waals surface area contributed by atoms with Crippen LogP contribution in [0.2, 0.25) is 0 Å². The molecule has 0 aromatic rings. The van der Waals surface area contributed by atoms with Crippen molar-refractivity contribution >= 4 is 0 Å². The Balaban J connectivity index is 3.98. The van der Waals surface area contributed by atoms with Crippen molar-refractivity contribution in [1.29, 1.82) is 0 Å². The molecule has 0 aliphatic carbocycles. The second-order valence-electron chi connectivity index (χ2n) is 3.48. The molecule has 0 aromatic carbocycles. The highest BCUT2D eigenvalue weighted by molar-refractivity contribution is 4.84. The van der Waals surface area contributed by atoms with E-state index >= 15 is 0 Å². The van der Waals surface area contributed by atoms with E-state index in [0.29, 0.717) is 13.0 Å². The first-order valence-electron chi connectivity index (χ1n) is 4.34. The maximum atomic E-state index is 11.9. The Bertz CT molecular complexity index is 163. The highest BCUT2D eigenvalue weighted by atomic mass is 19.4. The molecule has 3 nitrogen and oxygen atoms in total. The molecule has 0 spiro atoms. The fourth-order valence-electron chi connectivity index (χ4n) is 0.904. The normalized spacial score (nSPS) is 16.7. The first-order chi connectivity index (χ1) is 6.33. The van der Waals surface area contributed by atoms with Crippen molar-refractivity contribution in [3.63, 3.8) is 0 Å². The predicted molar refractivity (Wildman–Crippen MR) is 48.0 cm³/mol. The Kier molecular flexibility index (Phi) is 5.40. The number of hydrogen-bond donors (Lipinski definition) is 2. The molecule has 0 aliphatic rings. The number of nitrogens with two attached hydrogens (primary N) is 1. The van der Waals surface area contributed by atoms with Crippen LogP contribution in [0.15, 0.2) is 0 Å². The van der Waals surface area contributed by atoms with Gasteiger partial charge in [0.2, 0.25) is 0 Å². The third kappa shape index (κ3) is 6.17. The summed E-state index contributed by atoms with van der Waals surface area (Å²) in [5.41, 5.74) is 4.68. The third-order valence-electron chi connectivity index (χ3n) is 2.02. The van der Waals surface area contributed by atoms with Crippen molar-refractivity contribution in [2.45, 2.75) is 25.1 Å². The minimum atomic E-state index is -4.20. The lowest BCUT2D eigenvalue weighted by molar-refractivity contribution is -0.128. The zero-order valence-electron chi connectivity index (χ0n) is 8.45. The number of rotatable bonds is 6. The molecule has 6 heteroatoms. The average Bonchev–Trinajstić information content (AvgIpc) is 2.10. The summed E-state index contributed by atoms with van der Waals surface area (Å²) in [5.74, 6) is 0. The van der Waals surface area contributed by atoms with Gasteiger partial charge in [-0.3, -0.25) is 0 Å². The second kappa shape index (κ2) is 5.53. The number of hydrogen-bond acceptors (Lipinski definition) is 3. The highest BCUT2D eigenvalue weighted by Crippen LogP contribution is 2.16. The zero-order valence-corrected chi connectivity index (χ0v) is 8.45. The van der Waals surface area contributed by atoms with Gasteiger partial charge in [-0.25, -0.2) is 0 Å². The van der Waals surface area contributed by atoms with Gasteiger partial charge in [0, 0.05) is 25.8 Å². The van der Waals surface area contributed by atoms with E-state index in [0.717, 1.165) is 0 Å². The van der Waals surface area contributed by atoms with Crippen LogP contribution in [0.4, 0.5) is 13.2 Å². The predicted octanol–water partition coefficient (Wildman–Crippen LogP) is 0.892. The van der Waals surface area contributed by atoms with Gasteiger partial charge in [0.15, 0.2) is 0 Å². The number of halogens is 3. The Hall–Kier alpha value is -0.330. The smallest absolute Gasteiger partial charge is 0.385 e. The monoisotopic (exact) mass is 214 g/mol. The van der Waals surface area contributed by atoms with Gasteiger partial charge in [-0.05, 0) is 13.3 Å². The largest absolute Gasteiger partial charge is 0.401 e. The van der Waals surface area contributed by atoms with E-state index in [-0.39, 0.29) is 6.54 Å². The molecule has 0 amide bonds. The summed E-state index contributed by atoms with van der Waals surface area (Å²) in [6.07, 6.45) is -3.75.